The number of nitrogens with zero attached hydrogens (tertiary/aromatic N) is 2. The van der Waals surface area contributed by atoms with E-state index in [4.69, 9.17) is 0 Å². The van der Waals surface area contributed by atoms with Gasteiger partial charge in [0.15, 0.2) is 0 Å². The van der Waals surface area contributed by atoms with Gasteiger partial charge in [-0.1, -0.05) is 23.8 Å². The minimum atomic E-state index is -3.76. The summed E-state index contributed by atoms with van der Waals surface area (Å²) in [4.78, 5) is 17.5. The number of sulfonamides is 1. The first-order valence-corrected chi connectivity index (χ1v) is 12.1. The molecular formula is C23H29N3O3S. The molecule has 2 aliphatic rings. The van der Waals surface area contributed by atoms with Gasteiger partial charge >= 0.3 is 0 Å². The van der Waals surface area contributed by atoms with Crippen molar-refractivity contribution in [3.8, 4) is 0 Å². The van der Waals surface area contributed by atoms with Crippen molar-refractivity contribution >= 4 is 21.6 Å². The molecular weight excluding hydrogens is 398 g/mol. The molecule has 2 saturated heterocycles. The van der Waals surface area contributed by atoms with Gasteiger partial charge in [-0.2, -0.15) is 0 Å². The van der Waals surface area contributed by atoms with Crippen molar-refractivity contribution in [1.29, 1.82) is 0 Å². The first-order valence-electron chi connectivity index (χ1n) is 10.7. The highest BCUT2D eigenvalue weighted by Crippen LogP contribution is 2.23. The maximum Gasteiger partial charge on any atom is 0.261 e. The smallest absolute Gasteiger partial charge is 0.261 e. The zero-order valence-corrected chi connectivity index (χ0v) is 18.2. The van der Waals surface area contributed by atoms with Gasteiger partial charge in [0.25, 0.3) is 15.9 Å². The number of benzene rings is 2. The van der Waals surface area contributed by atoms with Crippen molar-refractivity contribution in [3.05, 3.63) is 59.7 Å². The fraction of sp³-hybridized carbons (Fsp3) is 0.435. The predicted octanol–water partition coefficient (Wildman–Crippen LogP) is 3.50. The Bertz CT molecular complexity index is 991. The van der Waals surface area contributed by atoms with Crippen LogP contribution in [0.5, 0.6) is 0 Å². The highest BCUT2D eigenvalue weighted by Gasteiger charge is 2.29. The number of rotatable bonds is 5. The quantitative estimate of drug-likeness (QED) is 0.793. The SMILES string of the molecule is Cc1ccc(NS(=O)(=O)c2cccc(C(=O)N3CCC(N4CCCC4)CC3)c2)cc1. The Morgan fingerprint density at radius 2 is 1.63 bits per heavy atom. The summed E-state index contributed by atoms with van der Waals surface area (Å²) < 4.78 is 28.2. The normalized spacial score (nSPS) is 18.5. The predicted molar refractivity (Wildman–Crippen MR) is 118 cm³/mol. The molecule has 0 saturated carbocycles. The van der Waals surface area contributed by atoms with Gasteiger partial charge in [0.1, 0.15) is 0 Å². The van der Waals surface area contributed by atoms with E-state index in [1.54, 1.807) is 24.3 Å². The fourth-order valence-corrected chi connectivity index (χ4v) is 5.46. The molecule has 2 fully saturated rings. The average molecular weight is 428 g/mol. The number of piperidine rings is 1. The highest BCUT2D eigenvalue weighted by molar-refractivity contribution is 7.92. The van der Waals surface area contributed by atoms with Crippen molar-refractivity contribution in [3.63, 3.8) is 0 Å². The van der Waals surface area contributed by atoms with E-state index < -0.39 is 10.0 Å². The molecule has 0 aromatic heterocycles. The second-order valence-corrected chi connectivity index (χ2v) is 9.95. The number of amides is 1. The van der Waals surface area contributed by atoms with Crippen molar-refractivity contribution in [2.24, 2.45) is 0 Å². The summed E-state index contributed by atoms with van der Waals surface area (Å²) in [5, 5.41) is 0. The highest BCUT2D eigenvalue weighted by atomic mass is 32.2. The van der Waals surface area contributed by atoms with Crippen molar-refractivity contribution < 1.29 is 13.2 Å². The van der Waals surface area contributed by atoms with Crippen LogP contribution in [0.4, 0.5) is 5.69 Å². The largest absolute Gasteiger partial charge is 0.339 e. The standard InChI is InChI=1S/C23H29N3O3S/c1-18-7-9-20(10-8-18)24-30(28,29)22-6-4-5-19(17-22)23(27)26-15-11-21(12-16-26)25-13-2-3-14-25/h4-10,17,21,24H,2-3,11-16H2,1H3. The van der Waals surface area contributed by atoms with Crippen LogP contribution in [-0.4, -0.2) is 56.3 Å². The van der Waals surface area contributed by atoms with E-state index >= 15 is 0 Å². The molecule has 0 unspecified atom stereocenters. The number of hydrogen-bond acceptors (Lipinski definition) is 4. The van der Waals surface area contributed by atoms with Gasteiger partial charge in [0, 0.05) is 30.4 Å². The Morgan fingerprint density at radius 3 is 2.30 bits per heavy atom. The molecule has 30 heavy (non-hydrogen) atoms. The fourth-order valence-electron chi connectivity index (χ4n) is 4.36. The zero-order chi connectivity index (χ0) is 21.1. The molecule has 0 radical (unpaired) electrons. The first kappa shape index (κ1) is 20.9. The average Bonchev–Trinajstić information content (AvgIpc) is 3.30. The van der Waals surface area contributed by atoms with E-state index in [-0.39, 0.29) is 10.8 Å². The lowest BCUT2D eigenvalue weighted by atomic mass is 10.0. The molecule has 2 aromatic rings. The van der Waals surface area contributed by atoms with Crippen molar-refractivity contribution in [2.45, 2.75) is 43.5 Å². The molecule has 0 bridgehead atoms. The Hall–Kier alpha value is -2.38. The lowest BCUT2D eigenvalue weighted by Gasteiger charge is -2.36. The van der Waals surface area contributed by atoms with Gasteiger partial charge in [-0.05, 0) is 76.0 Å². The van der Waals surface area contributed by atoms with E-state index in [0.717, 1.165) is 31.5 Å². The molecule has 7 heteroatoms. The maximum absolute atomic E-state index is 13.0. The van der Waals surface area contributed by atoms with Gasteiger partial charge in [0.2, 0.25) is 0 Å². The van der Waals surface area contributed by atoms with Crippen molar-refractivity contribution in [2.75, 3.05) is 30.9 Å². The second-order valence-electron chi connectivity index (χ2n) is 8.27. The number of likely N-dealkylation sites (tertiary alicyclic amines) is 2. The molecule has 2 heterocycles. The summed E-state index contributed by atoms with van der Waals surface area (Å²) in [6, 6.07) is 14.1. The number of anilines is 1. The molecule has 1 N–H and O–H groups in total. The third-order valence-electron chi connectivity index (χ3n) is 6.10. The van der Waals surface area contributed by atoms with Crippen LogP contribution >= 0.6 is 0 Å². The lowest BCUT2D eigenvalue weighted by molar-refractivity contribution is 0.0644. The lowest BCUT2D eigenvalue weighted by Crippen LogP contribution is -2.45. The van der Waals surface area contributed by atoms with E-state index in [1.807, 2.05) is 24.0 Å². The number of carbonyl (C=O) groups excluding carboxylic acids is 1. The molecule has 0 spiro atoms. The Morgan fingerprint density at radius 1 is 0.967 bits per heavy atom. The van der Waals surface area contributed by atoms with Gasteiger partial charge in [-0.25, -0.2) is 8.42 Å². The third kappa shape index (κ3) is 4.68. The zero-order valence-electron chi connectivity index (χ0n) is 17.4. The summed E-state index contributed by atoms with van der Waals surface area (Å²) in [6.45, 7) is 5.73. The minimum Gasteiger partial charge on any atom is -0.339 e. The summed E-state index contributed by atoms with van der Waals surface area (Å²) in [7, 11) is -3.76. The van der Waals surface area contributed by atoms with Crippen LogP contribution in [0.2, 0.25) is 0 Å². The summed E-state index contributed by atoms with van der Waals surface area (Å²) >= 11 is 0. The topological polar surface area (TPSA) is 69.7 Å². The maximum atomic E-state index is 13.0. The molecule has 4 rings (SSSR count). The number of aryl methyl sites for hydroxylation is 1. The molecule has 6 nitrogen and oxygen atoms in total. The van der Waals surface area contributed by atoms with Crippen LogP contribution in [0.3, 0.4) is 0 Å². The summed E-state index contributed by atoms with van der Waals surface area (Å²) in [5.41, 5.74) is 1.97. The van der Waals surface area contributed by atoms with Crippen LogP contribution in [0.15, 0.2) is 53.4 Å². The van der Waals surface area contributed by atoms with Crippen molar-refractivity contribution in [1.82, 2.24) is 9.80 Å². The monoisotopic (exact) mass is 427 g/mol. The van der Waals surface area contributed by atoms with Crippen LogP contribution in [0.25, 0.3) is 0 Å². The van der Waals surface area contributed by atoms with Gasteiger partial charge in [-0.3, -0.25) is 9.52 Å². The number of nitrogens with one attached hydrogen (secondary N) is 1. The van der Waals surface area contributed by atoms with Gasteiger partial charge in [-0.15, -0.1) is 0 Å². The Kier molecular flexibility index (Phi) is 6.11. The van der Waals surface area contributed by atoms with E-state index in [0.29, 0.717) is 17.3 Å². The molecule has 160 valence electrons. The van der Waals surface area contributed by atoms with E-state index in [2.05, 4.69) is 9.62 Å². The van der Waals surface area contributed by atoms with Crippen LogP contribution < -0.4 is 4.72 Å². The third-order valence-corrected chi connectivity index (χ3v) is 7.48. The van der Waals surface area contributed by atoms with E-state index in [9.17, 15) is 13.2 Å². The van der Waals surface area contributed by atoms with Gasteiger partial charge < -0.3 is 9.80 Å². The summed E-state index contributed by atoms with van der Waals surface area (Å²) in [5.74, 6) is -0.0951. The molecule has 2 aliphatic heterocycles. The Labute approximate surface area is 178 Å². The molecule has 1 amide bonds. The first-order chi connectivity index (χ1) is 14.4. The minimum absolute atomic E-state index is 0.0951. The van der Waals surface area contributed by atoms with Crippen LogP contribution in [0.1, 0.15) is 41.6 Å². The van der Waals surface area contributed by atoms with Crippen LogP contribution in [-0.2, 0) is 10.0 Å². The molecule has 0 atom stereocenters. The van der Waals surface area contributed by atoms with Crippen LogP contribution in [0, 0.1) is 6.92 Å². The molecule has 2 aromatic carbocycles. The number of carbonyl (C=O) groups is 1. The Balaban J connectivity index is 1.43. The second kappa shape index (κ2) is 8.78. The summed E-state index contributed by atoms with van der Waals surface area (Å²) in [6.07, 6.45) is 4.52. The molecule has 0 aliphatic carbocycles. The number of hydrogen-bond donors (Lipinski definition) is 1. The van der Waals surface area contributed by atoms with Gasteiger partial charge in [0.05, 0.1) is 4.90 Å². The van der Waals surface area contributed by atoms with E-state index in [1.165, 1.54) is 38.1 Å².